The number of benzene rings is 1. The maximum atomic E-state index is 13.4. The van der Waals surface area contributed by atoms with E-state index in [1.165, 1.54) is 6.07 Å². The Morgan fingerprint density at radius 1 is 1.39 bits per heavy atom. The zero-order chi connectivity index (χ0) is 19.6. The van der Waals surface area contributed by atoms with Crippen molar-refractivity contribution in [1.29, 1.82) is 0 Å². The van der Waals surface area contributed by atoms with E-state index in [9.17, 15) is 22.4 Å². The Morgan fingerprint density at radius 2 is 2.14 bits per heavy atom. The Morgan fingerprint density at radius 3 is 2.79 bits per heavy atom. The van der Waals surface area contributed by atoms with Gasteiger partial charge in [0.05, 0.1) is 17.8 Å². The first-order chi connectivity index (χ1) is 12.7. The molecule has 6 nitrogen and oxygen atoms in total. The molecule has 0 aliphatic carbocycles. The van der Waals surface area contributed by atoms with Crippen molar-refractivity contribution in [2.45, 2.75) is 12.1 Å². The number of alkyl halides is 3. The molecule has 1 saturated heterocycles. The van der Waals surface area contributed by atoms with E-state index in [1.54, 1.807) is 17.9 Å². The van der Waals surface area contributed by atoms with Gasteiger partial charge in [-0.2, -0.15) is 18.3 Å². The number of anilines is 1. The summed E-state index contributed by atoms with van der Waals surface area (Å²) in [6, 6.07) is 3.04. The summed E-state index contributed by atoms with van der Waals surface area (Å²) in [5, 5.41) is 9.78. The molecule has 0 radical (unpaired) electrons. The predicted molar refractivity (Wildman–Crippen MR) is 96.1 cm³/mol. The predicted octanol–water partition coefficient (Wildman–Crippen LogP) is 2.86. The highest BCUT2D eigenvalue weighted by atomic mass is 35.5. The minimum Gasteiger partial charge on any atom is -0.482 e. The smallest absolute Gasteiger partial charge is 0.422 e. The second-order valence-electron chi connectivity index (χ2n) is 6.35. The minimum atomic E-state index is -4.58. The quantitative estimate of drug-likeness (QED) is 0.727. The number of hydrogen-bond acceptors (Lipinski definition) is 4. The number of rotatable bonds is 5. The van der Waals surface area contributed by atoms with E-state index in [4.69, 9.17) is 0 Å². The van der Waals surface area contributed by atoms with Crippen LogP contribution in [-0.4, -0.2) is 41.6 Å². The molecule has 11 heteroatoms. The number of halogens is 5. The third-order valence-electron chi connectivity index (χ3n) is 4.30. The van der Waals surface area contributed by atoms with E-state index in [0.717, 1.165) is 17.7 Å². The lowest BCUT2D eigenvalue weighted by Crippen LogP contribution is -2.28. The number of amides is 1. The number of aryl methyl sites for hydroxylation is 1. The van der Waals surface area contributed by atoms with Crippen LogP contribution in [0.2, 0.25) is 0 Å². The highest BCUT2D eigenvalue weighted by Gasteiger charge is 2.35. The van der Waals surface area contributed by atoms with E-state index in [-0.39, 0.29) is 29.8 Å². The minimum absolute atomic E-state index is 0. The maximum Gasteiger partial charge on any atom is 0.422 e. The molecule has 0 spiro atoms. The molecule has 1 aromatic carbocycles. The largest absolute Gasteiger partial charge is 0.482 e. The van der Waals surface area contributed by atoms with Crippen LogP contribution in [0.3, 0.4) is 0 Å². The molecule has 1 aliphatic rings. The molecular formula is C17H19ClF4N4O2. The fourth-order valence-electron chi connectivity index (χ4n) is 3.04. The zero-order valence-electron chi connectivity index (χ0n) is 14.8. The first kappa shape index (κ1) is 22.0. The van der Waals surface area contributed by atoms with E-state index in [1.807, 2.05) is 6.20 Å². The first-order valence-electron chi connectivity index (χ1n) is 8.22. The van der Waals surface area contributed by atoms with Crippen molar-refractivity contribution in [3.63, 3.8) is 0 Å². The van der Waals surface area contributed by atoms with E-state index in [2.05, 4.69) is 20.5 Å². The standard InChI is InChI=1S/C17H18F4N4O2.ClH/c1-25-8-10(5-23-25)12-6-22-7-13(12)16(26)24-14-3-2-11(18)4-15(14)27-9-17(19,20)21;/h2-5,8,12-13,22H,6-7,9H2,1H3,(H,24,26);1H/t12-,13+;/m1./s1. The number of ether oxygens (including phenoxy) is 1. The zero-order valence-corrected chi connectivity index (χ0v) is 15.6. The molecule has 0 saturated carbocycles. The van der Waals surface area contributed by atoms with Crippen LogP contribution in [0.15, 0.2) is 30.6 Å². The fraction of sp³-hybridized carbons (Fsp3) is 0.412. The normalized spacial score (nSPS) is 19.2. The molecule has 2 aromatic rings. The maximum absolute atomic E-state index is 13.4. The number of nitrogens with zero attached hydrogens (tertiary/aromatic N) is 2. The summed E-state index contributed by atoms with van der Waals surface area (Å²) in [6.07, 6.45) is -1.09. The third-order valence-corrected chi connectivity index (χ3v) is 4.30. The molecule has 28 heavy (non-hydrogen) atoms. The van der Waals surface area contributed by atoms with Crippen LogP contribution in [-0.2, 0) is 11.8 Å². The van der Waals surface area contributed by atoms with E-state index < -0.39 is 30.4 Å². The summed E-state index contributed by atoms with van der Waals surface area (Å²) in [5.74, 6) is -2.10. The van der Waals surface area contributed by atoms with Gasteiger partial charge in [-0.05, 0) is 17.7 Å². The van der Waals surface area contributed by atoms with Gasteiger partial charge in [0, 0.05) is 38.3 Å². The molecule has 0 unspecified atom stereocenters. The highest BCUT2D eigenvalue weighted by Crippen LogP contribution is 2.32. The lowest BCUT2D eigenvalue weighted by Gasteiger charge is -2.19. The van der Waals surface area contributed by atoms with Gasteiger partial charge in [0.2, 0.25) is 5.91 Å². The monoisotopic (exact) mass is 422 g/mol. The van der Waals surface area contributed by atoms with Crippen LogP contribution in [0.4, 0.5) is 23.2 Å². The Labute approximate surface area is 164 Å². The van der Waals surface area contributed by atoms with Gasteiger partial charge in [0.25, 0.3) is 0 Å². The molecule has 2 N–H and O–H groups in total. The topological polar surface area (TPSA) is 68.2 Å². The number of carbonyl (C=O) groups excluding carboxylic acids is 1. The summed E-state index contributed by atoms with van der Waals surface area (Å²) >= 11 is 0. The molecule has 154 valence electrons. The van der Waals surface area contributed by atoms with Gasteiger partial charge in [0.1, 0.15) is 11.6 Å². The van der Waals surface area contributed by atoms with Crippen LogP contribution < -0.4 is 15.4 Å². The number of aromatic nitrogens is 2. The van der Waals surface area contributed by atoms with E-state index in [0.29, 0.717) is 13.1 Å². The average molecular weight is 423 g/mol. The van der Waals surface area contributed by atoms with Crippen molar-refractivity contribution in [2.75, 3.05) is 25.0 Å². The molecule has 1 amide bonds. The molecule has 2 atom stereocenters. The summed E-state index contributed by atoms with van der Waals surface area (Å²) in [6.45, 7) is -0.599. The van der Waals surface area contributed by atoms with Gasteiger partial charge in [-0.25, -0.2) is 4.39 Å². The van der Waals surface area contributed by atoms with Crippen molar-refractivity contribution < 1.29 is 27.1 Å². The summed E-state index contributed by atoms with van der Waals surface area (Å²) in [4.78, 5) is 12.7. The lowest BCUT2D eigenvalue weighted by atomic mass is 9.90. The van der Waals surface area contributed by atoms with Gasteiger partial charge in [-0.15, -0.1) is 12.4 Å². The van der Waals surface area contributed by atoms with Gasteiger partial charge in [0.15, 0.2) is 6.61 Å². The SMILES string of the molecule is Cl.Cn1cc([C@H]2CNC[C@@H]2C(=O)Nc2ccc(F)cc2OCC(F)(F)F)cn1. The summed E-state index contributed by atoms with van der Waals surface area (Å²) in [7, 11) is 1.77. The first-order valence-corrected chi connectivity index (χ1v) is 8.22. The van der Waals surface area contributed by atoms with Crippen molar-refractivity contribution in [3.05, 3.63) is 42.0 Å². The Hall–Kier alpha value is -2.33. The molecule has 1 fully saturated rings. The Balaban J connectivity index is 0.00000280. The fourth-order valence-corrected chi connectivity index (χ4v) is 3.04. The molecule has 0 bridgehead atoms. The van der Waals surface area contributed by atoms with Crippen LogP contribution in [0.25, 0.3) is 0 Å². The Bertz CT molecular complexity index is 828. The Kier molecular flexibility index (Phi) is 6.89. The van der Waals surface area contributed by atoms with Gasteiger partial charge < -0.3 is 15.4 Å². The van der Waals surface area contributed by atoms with Crippen molar-refractivity contribution in [1.82, 2.24) is 15.1 Å². The highest BCUT2D eigenvalue weighted by molar-refractivity contribution is 5.95. The van der Waals surface area contributed by atoms with Crippen LogP contribution in [0.5, 0.6) is 5.75 Å². The average Bonchev–Trinajstić information content (AvgIpc) is 3.22. The third kappa shape index (κ3) is 5.35. The van der Waals surface area contributed by atoms with Crippen LogP contribution >= 0.6 is 12.4 Å². The molecule has 1 aromatic heterocycles. The molecule has 1 aliphatic heterocycles. The van der Waals surface area contributed by atoms with E-state index >= 15 is 0 Å². The second kappa shape index (κ2) is 8.78. The number of carbonyl (C=O) groups is 1. The number of hydrogen-bond donors (Lipinski definition) is 2. The molecular weight excluding hydrogens is 404 g/mol. The van der Waals surface area contributed by atoms with Gasteiger partial charge in [-0.3, -0.25) is 9.48 Å². The van der Waals surface area contributed by atoms with Crippen LogP contribution in [0.1, 0.15) is 11.5 Å². The molecule has 2 heterocycles. The van der Waals surface area contributed by atoms with Gasteiger partial charge in [-0.1, -0.05) is 0 Å². The van der Waals surface area contributed by atoms with Gasteiger partial charge >= 0.3 is 6.18 Å². The summed E-state index contributed by atoms with van der Waals surface area (Å²) < 4.78 is 56.9. The van der Waals surface area contributed by atoms with Crippen molar-refractivity contribution >= 4 is 24.0 Å². The summed E-state index contributed by atoms with van der Waals surface area (Å²) in [5.41, 5.74) is 0.873. The van der Waals surface area contributed by atoms with Crippen LogP contribution in [0, 0.1) is 11.7 Å². The van der Waals surface area contributed by atoms with Crippen molar-refractivity contribution in [2.24, 2.45) is 13.0 Å². The number of nitrogens with one attached hydrogen (secondary N) is 2. The molecule has 3 rings (SSSR count). The second-order valence-corrected chi connectivity index (χ2v) is 6.35. The lowest BCUT2D eigenvalue weighted by molar-refractivity contribution is -0.153. The van der Waals surface area contributed by atoms with Crippen molar-refractivity contribution in [3.8, 4) is 5.75 Å².